The minimum atomic E-state index is -0.164. The van der Waals surface area contributed by atoms with E-state index in [1.165, 1.54) is 5.56 Å². The van der Waals surface area contributed by atoms with Crippen molar-refractivity contribution in [1.82, 2.24) is 5.32 Å². The van der Waals surface area contributed by atoms with Crippen molar-refractivity contribution in [1.29, 1.82) is 0 Å². The van der Waals surface area contributed by atoms with Gasteiger partial charge in [0.1, 0.15) is 11.4 Å². The molecule has 0 heterocycles. The van der Waals surface area contributed by atoms with Gasteiger partial charge >= 0.3 is 0 Å². The van der Waals surface area contributed by atoms with Crippen LogP contribution in [0.3, 0.4) is 0 Å². The van der Waals surface area contributed by atoms with Crippen molar-refractivity contribution in [2.45, 2.75) is 26.4 Å². The Morgan fingerprint density at radius 1 is 1.36 bits per heavy atom. The molecule has 1 aromatic rings. The van der Waals surface area contributed by atoms with Gasteiger partial charge in [-0.2, -0.15) is 0 Å². The predicted molar refractivity (Wildman–Crippen MR) is 59.8 cm³/mol. The molecule has 1 N–H and O–H groups in total. The fourth-order valence-corrected chi connectivity index (χ4v) is 1.46. The summed E-state index contributed by atoms with van der Waals surface area (Å²) in [5, 5.41) is 3.12. The molecular formula is C12H19NO. The Labute approximate surface area is 86.3 Å². The Balaban J connectivity index is 2.68. The van der Waals surface area contributed by atoms with E-state index in [1.807, 2.05) is 19.2 Å². The van der Waals surface area contributed by atoms with E-state index in [2.05, 4.69) is 38.2 Å². The van der Waals surface area contributed by atoms with Crippen molar-refractivity contribution < 1.29 is 4.74 Å². The number of rotatable bonds is 4. The summed E-state index contributed by atoms with van der Waals surface area (Å²) < 4.78 is 5.86. The number of nitrogens with one attached hydrogen (secondary N) is 1. The number of hydrogen-bond donors (Lipinski definition) is 1. The summed E-state index contributed by atoms with van der Waals surface area (Å²) in [6, 6.07) is 8.12. The number of aryl methyl sites for hydroxylation is 1. The Kier molecular flexibility index (Phi) is 3.53. The van der Waals surface area contributed by atoms with Gasteiger partial charge in [0.2, 0.25) is 0 Å². The quantitative estimate of drug-likeness (QED) is 0.792. The summed E-state index contributed by atoms with van der Waals surface area (Å²) in [6.45, 7) is 7.05. The minimum Gasteiger partial charge on any atom is -0.487 e. The second-order valence-corrected chi connectivity index (χ2v) is 4.21. The van der Waals surface area contributed by atoms with Crippen LogP contribution in [0.15, 0.2) is 24.3 Å². The van der Waals surface area contributed by atoms with E-state index in [0.29, 0.717) is 0 Å². The summed E-state index contributed by atoms with van der Waals surface area (Å²) in [5.41, 5.74) is 1.06. The lowest BCUT2D eigenvalue weighted by Crippen LogP contribution is -2.38. The first-order chi connectivity index (χ1) is 6.53. The molecule has 0 aliphatic rings. The van der Waals surface area contributed by atoms with Gasteiger partial charge in [0, 0.05) is 6.54 Å². The zero-order valence-corrected chi connectivity index (χ0v) is 9.42. The van der Waals surface area contributed by atoms with Gasteiger partial charge < -0.3 is 10.1 Å². The maximum Gasteiger partial charge on any atom is 0.120 e. The lowest BCUT2D eigenvalue weighted by molar-refractivity contribution is 0.110. The SMILES string of the molecule is CNCC(C)(C)Oc1cccc(C)c1. The molecule has 0 aromatic heterocycles. The van der Waals surface area contributed by atoms with Gasteiger partial charge in [0.05, 0.1) is 0 Å². The molecule has 0 spiro atoms. The molecule has 1 aromatic carbocycles. The molecule has 0 aliphatic carbocycles. The highest BCUT2D eigenvalue weighted by Gasteiger charge is 2.18. The van der Waals surface area contributed by atoms with Gasteiger partial charge in [-0.05, 0) is 45.5 Å². The van der Waals surface area contributed by atoms with Crippen LogP contribution in [0.4, 0.5) is 0 Å². The Hall–Kier alpha value is -1.02. The monoisotopic (exact) mass is 193 g/mol. The van der Waals surface area contributed by atoms with Crippen LogP contribution in [-0.4, -0.2) is 19.2 Å². The molecule has 0 saturated heterocycles. The van der Waals surface area contributed by atoms with Crippen molar-refractivity contribution in [2.75, 3.05) is 13.6 Å². The van der Waals surface area contributed by atoms with E-state index in [4.69, 9.17) is 4.74 Å². The predicted octanol–water partition coefficient (Wildman–Crippen LogP) is 2.37. The summed E-state index contributed by atoms with van der Waals surface area (Å²) >= 11 is 0. The number of benzene rings is 1. The van der Waals surface area contributed by atoms with Crippen molar-refractivity contribution in [2.24, 2.45) is 0 Å². The van der Waals surface area contributed by atoms with Crippen molar-refractivity contribution in [3.8, 4) is 5.75 Å². The van der Waals surface area contributed by atoms with Crippen LogP contribution in [0, 0.1) is 6.92 Å². The largest absolute Gasteiger partial charge is 0.487 e. The van der Waals surface area contributed by atoms with E-state index >= 15 is 0 Å². The maximum absolute atomic E-state index is 5.86. The topological polar surface area (TPSA) is 21.3 Å². The average molecular weight is 193 g/mol. The third-order valence-corrected chi connectivity index (χ3v) is 1.99. The van der Waals surface area contributed by atoms with Crippen LogP contribution in [0.1, 0.15) is 19.4 Å². The van der Waals surface area contributed by atoms with Gasteiger partial charge in [-0.1, -0.05) is 12.1 Å². The third kappa shape index (κ3) is 3.38. The highest BCUT2D eigenvalue weighted by Crippen LogP contribution is 2.18. The highest BCUT2D eigenvalue weighted by molar-refractivity contribution is 5.28. The normalized spacial score (nSPS) is 11.4. The molecule has 2 heteroatoms. The van der Waals surface area contributed by atoms with Crippen molar-refractivity contribution >= 4 is 0 Å². The zero-order valence-electron chi connectivity index (χ0n) is 9.42. The third-order valence-electron chi connectivity index (χ3n) is 1.99. The molecule has 0 amide bonds. The standard InChI is InChI=1S/C12H19NO/c1-10-6-5-7-11(8-10)14-12(2,3)9-13-4/h5-8,13H,9H2,1-4H3. The zero-order chi connectivity index (χ0) is 10.6. The van der Waals surface area contributed by atoms with E-state index in [0.717, 1.165) is 12.3 Å². The van der Waals surface area contributed by atoms with Gasteiger partial charge in [-0.3, -0.25) is 0 Å². The van der Waals surface area contributed by atoms with Crippen molar-refractivity contribution in [3.05, 3.63) is 29.8 Å². The highest BCUT2D eigenvalue weighted by atomic mass is 16.5. The summed E-state index contributed by atoms with van der Waals surface area (Å²) in [7, 11) is 1.93. The first-order valence-corrected chi connectivity index (χ1v) is 4.94. The number of likely N-dealkylation sites (N-methyl/N-ethyl adjacent to an activating group) is 1. The van der Waals surface area contributed by atoms with Gasteiger partial charge in [-0.15, -0.1) is 0 Å². The van der Waals surface area contributed by atoms with Crippen LogP contribution in [0.5, 0.6) is 5.75 Å². The molecule has 0 bridgehead atoms. The van der Waals surface area contributed by atoms with Crippen LogP contribution in [-0.2, 0) is 0 Å². The van der Waals surface area contributed by atoms with Gasteiger partial charge in [-0.25, -0.2) is 0 Å². The van der Waals surface area contributed by atoms with E-state index in [1.54, 1.807) is 0 Å². The fraction of sp³-hybridized carbons (Fsp3) is 0.500. The molecule has 0 saturated carbocycles. The second-order valence-electron chi connectivity index (χ2n) is 4.21. The Morgan fingerprint density at radius 3 is 2.64 bits per heavy atom. The molecule has 78 valence electrons. The average Bonchev–Trinajstić information content (AvgIpc) is 2.02. The van der Waals surface area contributed by atoms with Crippen LogP contribution >= 0.6 is 0 Å². The molecule has 0 fully saturated rings. The molecule has 14 heavy (non-hydrogen) atoms. The van der Waals surface area contributed by atoms with Gasteiger partial charge in [0.25, 0.3) is 0 Å². The Bertz CT molecular complexity index is 294. The first-order valence-electron chi connectivity index (χ1n) is 4.94. The summed E-state index contributed by atoms with van der Waals surface area (Å²) in [5.74, 6) is 0.935. The fourth-order valence-electron chi connectivity index (χ4n) is 1.46. The molecule has 0 unspecified atom stereocenters. The summed E-state index contributed by atoms with van der Waals surface area (Å²) in [4.78, 5) is 0. The lowest BCUT2D eigenvalue weighted by atomic mass is 10.1. The smallest absolute Gasteiger partial charge is 0.120 e. The Morgan fingerprint density at radius 2 is 2.07 bits per heavy atom. The molecule has 2 nitrogen and oxygen atoms in total. The molecule has 0 aliphatic heterocycles. The lowest BCUT2D eigenvalue weighted by Gasteiger charge is -2.26. The van der Waals surface area contributed by atoms with E-state index in [9.17, 15) is 0 Å². The van der Waals surface area contributed by atoms with Crippen LogP contribution < -0.4 is 10.1 Å². The van der Waals surface area contributed by atoms with Gasteiger partial charge in [0.15, 0.2) is 0 Å². The molecule has 0 atom stereocenters. The van der Waals surface area contributed by atoms with Crippen LogP contribution in [0.2, 0.25) is 0 Å². The van der Waals surface area contributed by atoms with E-state index in [-0.39, 0.29) is 5.60 Å². The van der Waals surface area contributed by atoms with Crippen LogP contribution in [0.25, 0.3) is 0 Å². The number of ether oxygens (including phenoxy) is 1. The second kappa shape index (κ2) is 4.47. The molecular weight excluding hydrogens is 174 g/mol. The maximum atomic E-state index is 5.86. The number of hydrogen-bond acceptors (Lipinski definition) is 2. The molecule has 1 rings (SSSR count). The first kappa shape index (κ1) is 11.1. The minimum absolute atomic E-state index is 0.164. The van der Waals surface area contributed by atoms with E-state index < -0.39 is 0 Å². The van der Waals surface area contributed by atoms with Crippen molar-refractivity contribution in [3.63, 3.8) is 0 Å². The molecule has 0 radical (unpaired) electrons. The summed E-state index contributed by atoms with van der Waals surface area (Å²) in [6.07, 6.45) is 0.